The lowest BCUT2D eigenvalue weighted by atomic mass is 10.1. The van der Waals surface area contributed by atoms with Gasteiger partial charge >= 0.3 is 0 Å². The summed E-state index contributed by atoms with van der Waals surface area (Å²) in [6.45, 7) is 4.84. The number of aromatic nitrogens is 3. The predicted molar refractivity (Wildman–Crippen MR) is 82.9 cm³/mol. The third kappa shape index (κ3) is 2.58. The van der Waals surface area contributed by atoms with Gasteiger partial charge in [-0.15, -0.1) is 11.3 Å². The van der Waals surface area contributed by atoms with E-state index in [0.717, 1.165) is 34.2 Å². The Labute approximate surface area is 121 Å². The highest BCUT2D eigenvalue weighted by atomic mass is 32.1. The number of hydrogen-bond acceptors (Lipinski definition) is 4. The van der Waals surface area contributed by atoms with Crippen LogP contribution in [0.4, 0.5) is 5.69 Å². The summed E-state index contributed by atoms with van der Waals surface area (Å²) in [5.41, 5.74) is 5.63. The molecule has 0 atom stereocenters. The maximum Gasteiger partial charge on any atom is 0.123 e. The lowest BCUT2D eigenvalue weighted by Gasteiger charge is -2.08. The molecule has 0 aliphatic rings. The van der Waals surface area contributed by atoms with Gasteiger partial charge in [0.25, 0.3) is 0 Å². The molecule has 20 heavy (non-hydrogen) atoms. The van der Waals surface area contributed by atoms with E-state index in [2.05, 4.69) is 38.7 Å². The maximum atomic E-state index is 4.34. The Balaban J connectivity index is 1.77. The van der Waals surface area contributed by atoms with E-state index in [4.69, 9.17) is 0 Å². The van der Waals surface area contributed by atoms with Crippen LogP contribution in [-0.2, 0) is 6.54 Å². The van der Waals surface area contributed by atoms with Crippen LogP contribution in [0, 0.1) is 13.8 Å². The smallest absolute Gasteiger partial charge is 0.123 e. The number of aryl methyl sites for hydroxylation is 2. The van der Waals surface area contributed by atoms with Gasteiger partial charge < -0.3 is 5.32 Å². The fourth-order valence-corrected chi connectivity index (χ4v) is 2.79. The zero-order chi connectivity index (χ0) is 13.9. The Bertz CT molecular complexity index is 681. The van der Waals surface area contributed by atoms with Crippen LogP contribution in [0.25, 0.3) is 10.6 Å². The van der Waals surface area contributed by atoms with Crippen LogP contribution >= 0.6 is 11.3 Å². The quantitative estimate of drug-likeness (QED) is 0.767. The zero-order valence-corrected chi connectivity index (χ0v) is 12.3. The monoisotopic (exact) mass is 284 g/mol. The molecule has 4 nitrogen and oxygen atoms in total. The number of nitrogens with zero attached hydrogens (tertiary/aromatic N) is 2. The summed E-state index contributed by atoms with van der Waals surface area (Å²) in [5.74, 6) is 0. The Hall–Kier alpha value is -2.14. The summed E-state index contributed by atoms with van der Waals surface area (Å²) in [5, 5.41) is 13.7. The Morgan fingerprint density at radius 2 is 2.20 bits per heavy atom. The molecule has 102 valence electrons. The van der Waals surface area contributed by atoms with Crippen molar-refractivity contribution in [1.29, 1.82) is 0 Å². The number of nitrogens with one attached hydrogen (secondary N) is 2. The molecule has 0 bridgehead atoms. The van der Waals surface area contributed by atoms with Gasteiger partial charge in [0.1, 0.15) is 5.01 Å². The fraction of sp³-hybridized carbons (Fsp3) is 0.200. The highest BCUT2D eigenvalue weighted by molar-refractivity contribution is 7.13. The second kappa shape index (κ2) is 5.46. The van der Waals surface area contributed by atoms with E-state index >= 15 is 0 Å². The minimum absolute atomic E-state index is 0.773. The van der Waals surface area contributed by atoms with Crippen molar-refractivity contribution in [3.05, 3.63) is 52.8 Å². The highest BCUT2D eigenvalue weighted by Gasteiger charge is 2.06. The number of aromatic amines is 1. The number of rotatable bonds is 4. The van der Waals surface area contributed by atoms with Gasteiger partial charge in [0.2, 0.25) is 0 Å². The third-order valence-electron chi connectivity index (χ3n) is 3.29. The number of thiazole rings is 1. The first-order valence-corrected chi connectivity index (χ1v) is 7.36. The first kappa shape index (κ1) is 12.9. The number of benzene rings is 1. The summed E-state index contributed by atoms with van der Waals surface area (Å²) in [6.07, 6.45) is 1.83. The van der Waals surface area contributed by atoms with E-state index in [1.54, 1.807) is 11.3 Å². The standard InChI is InChI=1S/C15H16N4S/c1-10-14(11(2)19-18-10)9-17-13-5-3-4-12(8-13)15-16-6-7-20-15/h3-8,17H,9H2,1-2H3,(H,18,19). The Kier molecular flexibility index (Phi) is 3.52. The maximum absolute atomic E-state index is 4.34. The molecule has 3 rings (SSSR count). The summed E-state index contributed by atoms with van der Waals surface area (Å²) in [7, 11) is 0. The topological polar surface area (TPSA) is 53.6 Å². The number of hydrogen-bond donors (Lipinski definition) is 2. The molecule has 0 spiro atoms. The van der Waals surface area contributed by atoms with Crippen molar-refractivity contribution in [2.24, 2.45) is 0 Å². The SMILES string of the molecule is Cc1n[nH]c(C)c1CNc1cccc(-c2nccs2)c1. The molecule has 0 radical (unpaired) electrons. The minimum Gasteiger partial charge on any atom is -0.381 e. The van der Waals surface area contributed by atoms with Crippen molar-refractivity contribution in [2.45, 2.75) is 20.4 Å². The largest absolute Gasteiger partial charge is 0.381 e. The van der Waals surface area contributed by atoms with Crippen LogP contribution in [0.15, 0.2) is 35.8 Å². The van der Waals surface area contributed by atoms with Gasteiger partial charge in [0, 0.05) is 40.6 Å². The first-order valence-electron chi connectivity index (χ1n) is 6.48. The molecule has 2 N–H and O–H groups in total. The van der Waals surface area contributed by atoms with E-state index in [1.807, 2.05) is 31.5 Å². The van der Waals surface area contributed by atoms with Gasteiger partial charge in [0.05, 0.1) is 5.69 Å². The van der Waals surface area contributed by atoms with Gasteiger partial charge in [-0.25, -0.2) is 4.98 Å². The molecule has 0 amide bonds. The molecule has 2 aromatic heterocycles. The van der Waals surface area contributed by atoms with Crippen molar-refractivity contribution in [3.8, 4) is 10.6 Å². The van der Waals surface area contributed by atoms with Crippen LogP contribution in [0.5, 0.6) is 0 Å². The summed E-state index contributed by atoms with van der Waals surface area (Å²) in [6, 6.07) is 8.33. The van der Waals surface area contributed by atoms with Gasteiger partial charge in [0.15, 0.2) is 0 Å². The van der Waals surface area contributed by atoms with E-state index in [9.17, 15) is 0 Å². The summed E-state index contributed by atoms with van der Waals surface area (Å²) < 4.78 is 0. The molecule has 0 saturated carbocycles. The Morgan fingerprint density at radius 1 is 1.30 bits per heavy atom. The highest BCUT2D eigenvalue weighted by Crippen LogP contribution is 2.24. The van der Waals surface area contributed by atoms with E-state index in [-0.39, 0.29) is 0 Å². The zero-order valence-electron chi connectivity index (χ0n) is 11.5. The Morgan fingerprint density at radius 3 is 2.90 bits per heavy atom. The van der Waals surface area contributed by atoms with Crippen molar-refractivity contribution in [2.75, 3.05) is 5.32 Å². The van der Waals surface area contributed by atoms with Gasteiger partial charge in [-0.05, 0) is 26.0 Å². The van der Waals surface area contributed by atoms with Gasteiger partial charge in [-0.1, -0.05) is 12.1 Å². The van der Waals surface area contributed by atoms with Gasteiger partial charge in [-0.3, -0.25) is 5.10 Å². The minimum atomic E-state index is 0.773. The van der Waals surface area contributed by atoms with Crippen molar-refractivity contribution < 1.29 is 0 Å². The van der Waals surface area contributed by atoms with E-state index < -0.39 is 0 Å². The van der Waals surface area contributed by atoms with Crippen molar-refractivity contribution >= 4 is 17.0 Å². The predicted octanol–water partition coefficient (Wildman–Crippen LogP) is 3.76. The van der Waals surface area contributed by atoms with E-state index in [0.29, 0.717) is 0 Å². The molecule has 0 fully saturated rings. The first-order chi connectivity index (χ1) is 9.74. The lowest BCUT2D eigenvalue weighted by Crippen LogP contribution is -2.01. The average molecular weight is 284 g/mol. The molecule has 1 aromatic carbocycles. The third-order valence-corrected chi connectivity index (χ3v) is 4.11. The lowest BCUT2D eigenvalue weighted by molar-refractivity contribution is 1.02. The molecule has 0 aliphatic heterocycles. The number of H-pyrrole nitrogens is 1. The molecule has 2 heterocycles. The summed E-state index contributed by atoms with van der Waals surface area (Å²) >= 11 is 1.65. The van der Waals surface area contributed by atoms with Crippen molar-refractivity contribution in [1.82, 2.24) is 15.2 Å². The second-order valence-electron chi connectivity index (χ2n) is 4.68. The molecule has 0 saturated heterocycles. The van der Waals surface area contributed by atoms with Crippen LogP contribution in [0.3, 0.4) is 0 Å². The molecule has 3 aromatic rings. The molecular formula is C15H16N4S. The summed E-state index contributed by atoms with van der Waals surface area (Å²) in [4.78, 5) is 4.34. The molecular weight excluding hydrogens is 268 g/mol. The van der Waals surface area contributed by atoms with Crippen LogP contribution in [0.1, 0.15) is 17.0 Å². The normalized spacial score (nSPS) is 10.7. The van der Waals surface area contributed by atoms with Crippen LogP contribution in [0.2, 0.25) is 0 Å². The van der Waals surface area contributed by atoms with Crippen LogP contribution in [-0.4, -0.2) is 15.2 Å². The molecule has 0 unspecified atom stereocenters. The number of anilines is 1. The molecule has 5 heteroatoms. The van der Waals surface area contributed by atoms with Crippen molar-refractivity contribution in [3.63, 3.8) is 0 Å². The fourth-order valence-electron chi connectivity index (χ4n) is 2.15. The van der Waals surface area contributed by atoms with Gasteiger partial charge in [-0.2, -0.15) is 5.10 Å². The molecule has 0 aliphatic carbocycles. The van der Waals surface area contributed by atoms with Crippen LogP contribution < -0.4 is 5.32 Å². The average Bonchev–Trinajstić information content (AvgIpc) is 3.09. The van der Waals surface area contributed by atoms with E-state index in [1.165, 1.54) is 5.56 Å². The second-order valence-corrected chi connectivity index (χ2v) is 5.58.